The van der Waals surface area contributed by atoms with Gasteiger partial charge in [-0.05, 0) is 159 Å². The highest BCUT2D eigenvalue weighted by Gasteiger charge is 2.22. The van der Waals surface area contributed by atoms with Gasteiger partial charge in [0, 0.05) is 23.0 Å². The van der Waals surface area contributed by atoms with Gasteiger partial charge in [0.15, 0.2) is 0 Å². The monoisotopic (exact) mass is 703 g/mol. The van der Waals surface area contributed by atoms with Gasteiger partial charge in [-0.3, -0.25) is 0 Å². The van der Waals surface area contributed by atoms with Crippen LogP contribution in [0.2, 0.25) is 0 Å². The van der Waals surface area contributed by atoms with Crippen LogP contribution in [-0.4, -0.2) is 0 Å². The average Bonchev–Trinajstić information content (AvgIpc) is 3.22. The van der Waals surface area contributed by atoms with Crippen LogP contribution in [0.4, 0.5) is 0 Å². The molecule has 6 rings (SSSR count). The lowest BCUT2D eigenvalue weighted by Crippen LogP contribution is -2.12. The minimum atomic E-state index is 0.570. The third-order valence-corrected chi connectivity index (χ3v) is 11.7. The third kappa shape index (κ3) is 13.4. The van der Waals surface area contributed by atoms with Gasteiger partial charge in [-0.1, -0.05) is 143 Å². The van der Waals surface area contributed by atoms with E-state index < -0.39 is 0 Å². The fraction of sp³-hybridized carbons (Fsp3) is 0.472. The molecule has 2 fully saturated rings. The van der Waals surface area contributed by atoms with Gasteiger partial charge < -0.3 is 0 Å². The van der Waals surface area contributed by atoms with Crippen molar-refractivity contribution in [2.45, 2.75) is 149 Å². The Balaban J connectivity index is 0.000000204. The summed E-state index contributed by atoms with van der Waals surface area (Å²) in [5, 5.41) is 0. The molecule has 53 heavy (non-hydrogen) atoms. The van der Waals surface area contributed by atoms with Gasteiger partial charge in [-0.2, -0.15) is 0 Å². The second kappa shape index (κ2) is 22.3. The second-order valence-electron chi connectivity index (χ2n) is 15.8. The van der Waals surface area contributed by atoms with Gasteiger partial charge in [-0.25, -0.2) is 0 Å². The highest BCUT2D eigenvalue weighted by molar-refractivity contribution is 5.38. The van der Waals surface area contributed by atoms with Gasteiger partial charge in [0.1, 0.15) is 0 Å². The van der Waals surface area contributed by atoms with E-state index in [-0.39, 0.29) is 0 Å². The van der Waals surface area contributed by atoms with Crippen molar-refractivity contribution in [2.24, 2.45) is 11.8 Å². The van der Waals surface area contributed by atoms with Crippen molar-refractivity contribution in [3.8, 4) is 23.7 Å². The topological polar surface area (TPSA) is 0 Å². The quantitative estimate of drug-likeness (QED) is 0.137. The summed E-state index contributed by atoms with van der Waals surface area (Å²) in [5.74, 6) is 16.5. The van der Waals surface area contributed by atoms with Gasteiger partial charge in [0.05, 0.1) is 0 Å². The molecule has 0 unspecified atom stereocenters. The van der Waals surface area contributed by atoms with Crippen LogP contribution in [0.1, 0.15) is 168 Å². The standard InChI is InChI=1S/C27H34.C26H32/c1-3-5-7-23-8-10-24(11-9-23)12-13-25-16-20-27(21-17-25)26-18-14-22(6-4-2)15-19-26;1-3-5-6-22-7-9-23(10-8-22)11-12-24-15-19-26(20-16-24)25-17-13-21(4-2)14-18-25/h8-11,14-15,18-19,25,27H,3-7,16-17,20-21H2,1-2H3;7-10,13-14,17-18,24,26H,3-6,15-16,19-20H2,1-2H3/t25-,27-;24-,26-. The molecule has 2 aliphatic rings. The summed E-state index contributed by atoms with van der Waals surface area (Å²) in [7, 11) is 0. The first-order valence-electron chi connectivity index (χ1n) is 21.4. The first-order valence-corrected chi connectivity index (χ1v) is 21.4. The Hall–Kier alpha value is -4.00. The maximum Gasteiger partial charge on any atom is 0.0245 e. The summed E-state index contributed by atoms with van der Waals surface area (Å²) in [6, 6.07) is 36.4. The van der Waals surface area contributed by atoms with Crippen molar-refractivity contribution in [1.29, 1.82) is 0 Å². The molecule has 0 atom stereocenters. The van der Waals surface area contributed by atoms with Gasteiger partial charge in [0.2, 0.25) is 0 Å². The maximum atomic E-state index is 3.55. The van der Waals surface area contributed by atoms with Crippen LogP contribution in [0.25, 0.3) is 0 Å². The Kier molecular flexibility index (Phi) is 16.9. The molecule has 0 amide bonds. The van der Waals surface area contributed by atoms with E-state index in [1.54, 1.807) is 0 Å². The largest absolute Gasteiger partial charge is 0.0945 e. The highest BCUT2D eigenvalue weighted by Crippen LogP contribution is 2.37. The van der Waals surface area contributed by atoms with Crippen molar-refractivity contribution in [3.63, 3.8) is 0 Å². The Morgan fingerprint density at radius 2 is 0.755 bits per heavy atom. The van der Waals surface area contributed by atoms with Crippen LogP contribution >= 0.6 is 0 Å². The number of unbranched alkanes of at least 4 members (excludes halogenated alkanes) is 2. The second-order valence-corrected chi connectivity index (χ2v) is 15.8. The van der Waals surface area contributed by atoms with Crippen LogP contribution in [0.3, 0.4) is 0 Å². The fourth-order valence-corrected chi connectivity index (χ4v) is 8.05. The fourth-order valence-electron chi connectivity index (χ4n) is 8.05. The van der Waals surface area contributed by atoms with Gasteiger partial charge in [-0.15, -0.1) is 0 Å². The van der Waals surface area contributed by atoms with Crippen LogP contribution in [0.15, 0.2) is 97.1 Å². The van der Waals surface area contributed by atoms with E-state index in [1.807, 2.05) is 0 Å². The summed E-state index contributed by atoms with van der Waals surface area (Å²) in [4.78, 5) is 0. The van der Waals surface area contributed by atoms with E-state index in [9.17, 15) is 0 Å². The van der Waals surface area contributed by atoms with E-state index in [1.165, 1.54) is 147 Å². The zero-order valence-electron chi connectivity index (χ0n) is 33.6. The van der Waals surface area contributed by atoms with Crippen LogP contribution in [0.5, 0.6) is 0 Å². The van der Waals surface area contributed by atoms with Crippen molar-refractivity contribution in [2.75, 3.05) is 0 Å². The van der Waals surface area contributed by atoms with Crippen molar-refractivity contribution >= 4 is 0 Å². The lowest BCUT2D eigenvalue weighted by molar-refractivity contribution is 0.384. The Bertz CT molecular complexity index is 1720. The molecule has 2 aliphatic carbocycles. The Morgan fingerprint density at radius 1 is 0.396 bits per heavy atom. The van der Waals surface area contributed by atoms with E-state index in [4.69, 9.17) is 0 Å². The molecule has 0 radical (unpaired) electrons. The van der Waals surface area contributed by atoms with E-state index in [0.717, 1.165) is 18.3 Å². The number of aryl methyl sites for hydroxylation is 4. The molecule has 0 bridgehead atoms. The molecule has 278 valence electrons. The SMILES string of the molecule is CCCCc1ccc(C#C[C@H]2CC[C@H](c3ccc(CC)cc3)CC2)cc1.CCCCc1ccc(C#C[C@H]2CC[C@H](c3ccc(CCC)cc3)CC2)cc1. The smallest absolute Gasteiger partial charge is 0.0245 e. The molecule has 0 heterocycles. The van der Waals surface area contributed by atoms with E-state index >= 15 is 0 Å². The Morgan fingerprint density at radius 3 is 1.11 bits per heavy atom. The Labute approximate surface area is 324 Å². The first-order chi connectivity index (χ1) is 26.1. The lowest BCUT2D eigenvalue weighted by atomic mass is 9.78. The van der Waals surface area contributed by atoms with E-state index in [0.29, 0.717) is 11.8 Å². The molecule has 0 saturated heterocycles. The van der Waals surface area contributed by atoms with Crippen LogP contribution in [-0.2, 0) is 25.7 Å². The van der Waals surface area contributed by atoms with Crippen molar-refractivity contribution in [1.82, 2.24) is 0 Å². The summed E-state index contributed by atoms with van der Waals surface area (Å²) < 4.78 is 0. The van der Waals surface area contributed by atoms with Crippen LogP contribution in [0, 0.1) is 35.5 Å². The summed E-state index contributed by atoms with van der Waals surface area (Å²) in [5.41, 5.74) is 11.2. The predicted octanol–water partition coefficient (Wildman–Crippen LogP) is 14.2. The summed E-state index contributed by atoms with van der Waals surface area (Å²) in [6.07, 6.45) is 21.1. The van der Waals surface area contributed by atoms with Gasteiger partial charge >= 0.3 is 0 Å². The minimum Gasteiger partial charge on any atom is -0.0945 e. The minimum absolute atomic E-state index is 0.570. The maximum absolute atomic E-state index is 3.55. The number of hydrogen-bond donors (Lipinski definition) is 0. The molecule has 0 N–H and O–H groups in total. The van der Waals surface area contributed by atoms with E-state index in [2.05, 4.69) is 148 Å². The third-order valence-electron chi connectivity index (χ3n) is 11.7. The molecule has 0 aliphatic heterocycles. The number of hydrogen-bond acceptors (Lipinski definition) is 0. The molecule has 2 saturated carbocycles. The molecule has 4 aromatic rings. The summed E-state index contributed by atoms with van der Waals surface area (Å²) in [6.45, 7) is 8.96. The normalized spacial score (nSPS) is 19.5. The molecule has 4 aromatic carbocycles. The summed E-state index contributed by atoms with van der Waals surface area (Å²) >= 11 is 0. The molecule has 0 nitrogen and oxygen atoms in total. The lowest BCUT2D eigenvalue weighted by Gasteiger charge is -2.26. The molecular weight excluding hydrogens is 637 g/mol. The van der Waals surface area contributed by atoms with Crippen molar-refractivity contribution in [3.05, 3.63) is 142 Å². The highest BCUT2D eigenvalue weighted by atomic mass is 14.3. The number of rotatable bonds is 11. The van der Waals surface area contributed by atoms with Crippen LogP contribution < -0.4 is 0 Å². The zero-order chi connectivity index (χ0) is 37.1. The zero-order valence-corrected chi connectivity index (χ0v) is 33.6. The molecule has 0 aromatic heterocycles. The molecule has 0 spiro atoms. The molecular formula is C53H66. The number of benzene rings is 4. The molecule has 0 heteroatoms. The average molecular weight is 703 g/mol. The van der Waals surface area contributed by atoms with Crippen molar-refractivity contribution < 1.29 is 0 Å². The first kappa shape index (κ1) is 40.2. The van der Waals surface area contributed by atoms with Gasteiger partial charge in [0.25, 0.3) is 0 Å². The predicted molar refractivity (Wildman–Crippen MR) is 230 cm³/mol.